The van der Waals surface area contributed by atoms with E-state index in [-0.39, 0.29) is 12.1 Å². The third-order valence-electron chi connectivity index (χ3n) is 4.03. The molecular weight excluding hydrogens is 232 g/mol. The van der Waals surface area contributed by atoms with Gasteiger partial charge in [0.1, 0.15) is 5.54 Å². The van der Waals surface area contributed by atoms with Gasteiger partial charge in [-0.15, -0.1) is 0 Å². The molecule has 1 unspecified atom stereocenters. The highest BCUT2D eigenvalue weighted by atomic mass is 16.4. The molecule has 1 saturated heterocycles. The van der Waals surface area contributed by atoms with Crippen LogP contribution in [0.15, 0.2) is 0 Å². The topological polar surface area (TPSA) is 69.6 Å². The summed E-state index contributed by atoms with van der Waals surface area (Å²) in [4.78, 5) is 25.2. The minimum absolute atomic E-state index is 0.126. The zero-order chi connectivity index (χ0) is 13.8. The minimum atomic E-state index is -1.00. The quantitative estimate of drug-likeness (QED) is 0.792. The first-order valence-corrected chi connectivity index (χ1v) is 6.83. The second-order valence-electron chi connectivity index (χ2n) is 4.91. The number of amides is 2. The zero-order valence-corrected chi connectivity index (χ0v) is 11.5. The monoisotopic (exact) mass is 256 g/mol. The molecule has 18 heavy (non-hydrogen) atoms. The van der Waals surface area contributed by atoms with Crippen LogP contribution in [-0.4, -0.2) is 40.1 Å². The number of aliphatic carboxylic acids is 1. The van der Waals surface area contributed by atoms with Gasteiger partial charge in [-0.3, -0.25) is 0 Å². The van der Waals surface area contributed by atoms with E-state index in [4.69, 9.17) is 0 Å². The van der Waals surface area contributed by atoms with Crippen molar-refractivity contribution in [3.05, 3.63) is 0 Å². The van der Waals surface area contributed by atoms with Gasteiger partial charge < -0.3 is 15.3 Å². The van der Waals surface area contributed by atoms with Crippen molar-refractivity contribution in [1.29, 1.82) is 0 Å². The Balaban J connectivity index is 2.80. The van der Waals surface area contributed by atoms with E-state index in [1.165, 1.54) is 4.90 Å². The molecule has 1 atom stereocenters. The van der Waals surface area contributed by atoms with Gasteiger partial charge in [0.2, 0.25) is 0 Å². The number of nitrogens with zero attached hydrogens (tertiary/aromatic N) is 1. The summed E-state index contributed by atoms with van der Waals surface area (Å²) >= 11 is 0. The van der Waals surface area contributed by atoms with Gasteiger partial charge in [0.25, 0.3) is 0 Å². The lowest BCUT2D eigenvalue weighted by Gasteiger charge is -2.34. The molecule has 0 aliphatic carbocycles. The molecule has 0 aromatic carbocycles. The maximum atomic E-state index is 12.2. The molecule has 2 amide bonds. The summed E-state index contributed by atoms with van der Waals surface area (Å²) in [7, 11) is 0. The lowest BCUT2D eigenvalue weighted by Crippen LogP contribution is -2.56. The Labute approximate surface area is 109 Å². The van der Waals surface area contributed by atoms with Crippen molar-refractivity contribution >= 4 is 12.0 Å². The fourth-order valence-electron chi connectivity index (χ4n) is 2.66. The summed E-state index contributed by atoms with van der Waals surface area (Å²) in [5.74, 6) is -0.887. The number of carbonyl (C=O) groups is 2. The summed E-state index contributed by atoms with van der Waals surface area (Å²) in [6.07, 6.45) is 3.49. The van der Waals surface area contributed by atoms with E-state index < -0.39 is 11.5 Å². The third-order valence-corrected chi connectivity index (χ3v) is 4.03. The van der Waals surface area contributed by atoms with Crippen LogP contribution in [0.1, 0.15) is 52.9 Å². The molecule has 0 spiro atoms. The molecule has 5 heteroatoms. The summed E-state index contributed by atoms with van der Waals surface area (Å²) in [6, 6.07) is -0.105. The van der Waals surface area contributed by atoms with E-state index in [9.17, 15) is 14.7 Å². The Morgan fingerprint density at radius 2 is 1.94 bits per heavy atom. The van der Waals surface area contributed by atoms with Crippen molar-refractivity contribution in [3.8, 4) is 0 Å². The Kier molecular flexibility index (Phi) is 4.99. The highest BCUT2D eigenvalue weighted by molar-refractivity contribution is 5.87. The smallest absolute Gasteiger partial charge is 0.329 e. The normalized spacial score (nSPS) is 23.4. The first-order valence-electron chi connectivity index (χ1n) is 6.83. The van der Waals surface area contributed by atoms with Crippen molar-refractivity contribution in [2.24, 2.45) is 0 Å². The SMILES string of the molecule is CCC(CC)NC(=O)N1CCCC1(CC)C(=O)O. The molecule has 1 fully saturated rings. The molecular formula is C13H24N2O3. The highest BCUT2D eigenvalue weighted by Crippen LogP contribution is 2.32. The first kappa shape index (κ1) is 14.8. The molecule has 0 bridgehead atoms. The van der Waals surface area contributed by atoms with Crippen LogP contribution < -0.4 is 5.32 Å². The largest absolute Gasteiger partial charge is 0.479 e. The van der Waals surface area contributed by atoms with Crippen LogP contribution in [-0.2, 0) is 4.79 Å². The van der Waals surface area contributed by atoms with E-state index in [0.29, 0.717) is 19.4 Å². The number of carboxylic acids is 1. The van der Waals surface area contributed by atoms with Crippen LogP contribution >= 0.6 is 0 Å². The van der Waals surface area contributed by atoms with Gasteiger partial charge in [-0.2, -0.15) is 0 Å². The summed E-state index contributed by atoms with van der Waals surface area (Å²) in [5.41, 5.74) is -1.00. The van der Waals surface area contributed by atoms with Gasteiger partial charge in [0.15, 0.2) is 0 Å². The Morgan fingerprint density at radius 3 is 2.39 bits per heavy atom. The standard InChI is InChI=1S/C13H24N2O3/c1-4-10(5-2)14-12(18)15-9-7-8-13(15,6-3)11(16)17/h10H,4-9H2,1-3H3,(H,14,18)(H,16,17). The van der Waals surface area contributed by atoms with Crippen molar-refractivity contribution in [3.63, 3.8) is 0 Å². The van der Waals surface area contributed by atoms with E-state index in [1.54, 1.807) is 0 Å². The lowest BCUT2D eigenvalue weighted by atomic mass is 9.93. The molecule has 0 saturated carbocycles. The van der Waals surface area contributed by atoms with E-state index in [2.05, 4.69) is 5.32 Å². The number of carboxylic acid groups (broad SMARTS) is 1. The predicted octanol–water partition coefficient (Wildman–Crippen LogP) is 2.21. The first-order chi connectivity index (χ1) is 8.51. The molecule has 0 aromatic rings. The number of carbonyl (C=O) groups excluding carboxylic acids is 1. The second-order valence-corrected chi connectivity index (χ2v) is 4.91. The van der Waals surface area contributed by atoms with E-state index >= 15 is 0 Å². The predicted molar refractivity (Wildman–Crippen MR) is 69.5 cm³/mol. The molecule has 5 nitrogen and oxygen atoms in total. The maximum Gasteiger partial charge on any atom is 0.329 e. The molecule has 1 aliphatic rings. The molecule has 1 heterocycles. The number of rotatable bonds is 5. The minimum Gasteiger partial charge on any atom is -0.479 e. The summed E-state index contributed by atoms with van der Waals surface area (Å²) in [6.45, 7) is 6.40. The van der Waals surface area contributed by atoms with Crippen LogP contribution in [0.5, 0.6) is 0 Å². The van der Waals surface area contributed by atoms with E-state index in [0.717, 1.165) is 19.3 Å². The number of hydrogen-bond donors (Lipinski definition) is 2. The molecule has 0 aromatic heterocycles. The molecule has 0 radical (unpaired) electrons. The maximum absolute atomic E-state index is 12.2. The number of hydrogen-bond acceptors (Lipinski definition) is 2. The van der Waals surface area contributed by atoms with Gasteiger partial charge in [-0.1, -0.05) is 20.8 Å². The zero-order valence-electron chi connectivity index (χ0n) is 11.5. The van der Waals surface area contributed by atoms with Crippen LogP contribution in [0.3, 0.4) is 0 Å². The van der Waals surface area contributed by atoms with Crippen LogP contribution in [0, 0.1) is 0 Å². The van der Waals surface area contributed by atoms with Gasteiger partial charge in [-0.05, 0) is 32.1 Å². The van der Waals surface area contributed by atoms with Crippen LogP contribution in [0.25, 0.3) is 0 Å². The van der Waals surface area contributed by atoms with Crippen LogP contribution in [0.4, 0.5) is 4.79 Å². The molecule has 2 N–H and O–H groups in total. The van der Waals surface area contributed by atoms with Gasteiger partial charge in [0.05, 0.1) is 0 Å². The van der Waals surface area contributed by atoms with E-state index in [1.807, 2.05) is 20.8 Å². The Morgan fingerprint density at radius 1 is 1.33 bits per heavy atom. The Bertz CT molecular complexity index is 315. The lowest BCUT2D eigenvalue weighted by molar-refractivity contribution is -0.148. The fraction of sp³-hybridized carbons (Fsp3) is 0.846. The van der Waals surface area contributed by atoms with Gasteiger partial charge in [0, 0.05) is 12.6 Å². The fourth-order valence-corrected chi connectivity index (χ4v) is 2.66. The Hall–Kier alpha value is -1.26. The second kappa shape index (κ2) is 6.07. The van der Waals surface area contributed by atoms with Gasteiger partial charge >= 0.3 is 12.0 Å². The molecule has 1 rings (SSSR count). The van der Waals surface area contributed by atoms with Crippen molar-refractivity contribution in [2.45, 2.75) is 64.5 Å². The summed E-state index contributed by atoms with van der Waals surface area (Å²) in [5, 5.41) is 12.3. The van der Waals surface area contributed by atoms with Gasteiger partial charge in [-0.25, -0.2) is 9.59 Å². The highest BCUT2D eigenvalue weighted by Gasteiger charge is 2.48. The molecule has 1 aliphatic heterocycles. The molecule has 104 valence electrons. The number of urea groups is 1. The average molecular weight is 256 g/mol. The average Bonchev–Trinajstić information content (AvgIpc) is 2.80. The third kappa shape index (κ3) is 2.60. The van der Waals surface area contributed by atoms with Crippen LogP contribution in [0.2, 0.25) is 0 Å². The van der Waals surface area contributed by atoms with Crippen molar-refractivity contribution in [2.75, 3.05) is 6.54 Å². The summed E-state index contributed by atoms with van der Waals surface area (Å²) < 4.78 is 0. The number of nitrogens with one attached hydrogen (secondary N) is 1. The van der Waals surface area contributed by atoms with Crippen molar-refractivity contribution < 1.29 is 14.7 Å². The van der Waals surface area contributed by atoms with Crippen molar-refractivity contribution in [1.82, 2.24) is 10.2 Å². The number of likely N-dealkylation sites (tertiary alicyclic amines) is 1.